The van der Waals surface area contributed by atoms with Crippen molar-refractivity contribution in [2.45, 2.75) is 56.5 Å². The lowest BCUT2D eigenvalue weighted by Gasteiger charge is -2.43. The van der Waals surface area contributed by atoms with Gasteiger partial charge in [0.15, 0.2) is 0 Å². The second-order valence-corrected chi connectivity index (χ2v) is 8.94. The number of methoxy groups -OCH3 is 1. The van der Waals surface area contributed by atoms with Crippen molar-refractivity contribution >= 4 is 29.7 Å². The molecule has 0 radical (unpaired) electrons. The number of imide groups is 1. The summed E-state index contributed by atoms with van der Waals surface area (Å²) in [5.74, 6) is 0.171. The second-order valence-electron chi connectivity index (χ2n) is 7.70. The topological polar surface area (TPSA) is 106 Å². The number of hydrogen-bond acceptors (Lipinski definition) is 7. The number of carbonyl (C=O) groups is 3. The van der Waals surface area contributed by atoms with Gasteiger partial charge in [0.1, 0.15) is 0 Å². The number of alkyl carbamates (subject to hydrolysis) is 1. The average molecular weight is 414 g/mol. The average Bonchev–Trinajstić information content (AvgIpc) is 3.15. The van der Waals surface area contributed by atoms with Gasteiger partial charge in [0.05, 0.1) is 24.0 Å². The Balaban J connectivity index is 1.59. The van der Waals surface area contributed by atoms with Gasteiger partial charge >= 0.3 is 6.09 Å². The van der Waals surface area contributed by atoms with E-state index in [1.54, 1.807) is 25.8 Å². The van der Waals surface area contributed by atoms with Crippen LogP contribution in [-0.4, -0.2) is 61.4 Å². The number of piperidine rings is 1. The van der Waals surface area contributed by atoms with Crippen LogP contribution in [0.5, 0.6) is 0 Å². The molecular weight excluding hydrogens is 382 g/mol. The number of rotatable bonds is 5. The summed E-state index contributed by atoms with van der Waals surface area (Å²) in [4.78, 5) is 37.0. The predicted molar refractivity (Wildman–Crippen MR) is 106 cm³/mol. The highest BCUT2D eigenvalue weighted by Gasteiger charge is 2.43. The summed E-state index contributed by atoms with van der Waals surface area (Å²) in [6, 6.07) is 0.357. The first kappa shape index (κ1) is 21.4. The quantitative estimate of drug-likeness (QED) is 0.623. The molecule has 0 bridgehead atoms. The van der Waals surface area contributed by atoms with Crippen LogP contribution >= 0.6 is 11.8 Å². The molecule has 1 saturated carbocycles. The largest absolute Gasteiger partial charge is 0.450 e. The molecule has 9 heteroatoms. The maximum Gasteiger partial charge on any atom is 0.413 e. The Bertz CT molecular complexity index is 590. The molecular formula is C19H31N3O5S. The van der Waals surface area contributed by atoms with Gasteiger partial charge in [0.25, 0.3) is 0 Å². The van der Waals surface area contributed by atoms with Crippen molar-refractivity contribution in [3.63, 3.8) is 0 Å². The monoisotopic (exact) mass is 413 g/mol. The molecule has 6 atom stereocenters. The normalized spacial score (nSPS) is 34.9. The van der Waals surface area contributed by atoms with Crippen LogP contribution in [0.15, 0.2) is 0 Å². The second kappa shape index (κ2) is 9.93. The summed E-state index contributed by atoms with van der Waals surface area (Å²) >= 11 is 1.56. The summed E-state index contributed by atoms with van der Waals surface area (Å²) in [6.45, 7) is 2.73. The minimum absolute atomic E-state index is 0.0154. The molecule has 28 heavy (non-hydrogen) atoms. The summed E-state index contributed by atoms with van der Waals surface area (Å²) in [5.41, 5.74) is 0. The van der Waals surface area contributed by atoms with Crippen molar-refractivity contribution in [2.24, 2.45) is 17.8 Å². The fraction of sp³-hybridized carbons (Fsp3) is 0.842. The Labute approximate surface area is 170 Å². The van der Waals surface area contributed by atoms with Crippen LogP contribution in [0.1, 0.15) is 39.0 Å². The Morgan fingerprint density at radius 2 is 1.93 bits per heavy atom. The third-order valence-electron chi connectivity index (χ3n) is 6.11. The minimum Gasteiger partial charge on any atom is -0.450 e. The van der Waals surface area contributed by atoms with Crippen molar-refractivity contribution in [1.82, 2.24) is 16.0 Å². The maximum absolute atomic E-state index is 13.1. The van der Waals surface area contributed by atoms with E-state index >= 15 is 0 Å². The number of carbonyl (C=O) groups excluding carboxylic acids is 3. The molecule has 0 aromatic heterocycles. The third-order valence-corrected chi connectivity index (χ3v) is 7.39. The number of ether oxygens (including phenoxy) is 2. The van der Waals surface area contributed by atoms with Gasteiger partial charge in [-0.2, -0.15) is 0 Å². The predicted octanol–water partition coefficient (Wildman–Crippen LogP) is 1.25. The first-order valence-corrected chi connectivity index (χ1v) is 11.2. The highest BCUT2D eigenvalue weighted by molar-refractivity contribution is 8.00. The molecule has 6 unspecified atom stereocenters. The summed E-state index contributed by atoms with van der Waals surface area (Å²) in [7, 11) is 1.73. The number of hydrogen-bond donors (Lipinski definition) is 3. The lowest BCUT2D eigenvalue weighted by molar-refractivity contribution is -0.130. The first-order chi connectivity index (χ1) is 13.5. The van der Waals surface area contributed by atoms with Gasteiger partial charge < -0.3 is 20.1 Å². The lowest BCUT2D eigenvalue weighted by Crippen LogP contribution is -2.55. The summed E-state index contributed by atoms with van der Waals surface area (Å²) < 4.78 is 10.3. The molecule has 158 valence electrons. The molecule has 3 fully saturated rings. The molecule has 0 aromatic carbocycles. The van der Waals surface area contributed by atoms with Crippen molar-refractivity contribution in [2.75, 3.05) is 26.0 Å². The van der Waals surface area contributed by atoms with Gasteiger partial charge in [-0.15, -0.1) is 11.8 Å². The van der Waals surface area contributed by atoms with E-state index in [1.807, 2.05) is 0 Å². The zero-order valence-electron chi connectivity index (χ0n) is 16.6. The van der Waals surface area contributed by atoms with E-state index in [9.17, 15) is 14.4 Å². The van der Waals surface area contributed by atoms with Crippen LogP contribution in [0.25, 0.3) is 0 Å². The van der Waals surface area contributed by atoms with Crippen molar-refractivity contribution in [3.8, 4) is 0 Å². The van der Waals surface area contributed by atoms with Crippen molar-refractivity contribution < 1.29 is 23.9 Å². The first-order valence-electron chi connectivity index (χ1n) is 10.2. The molecule has 3 amide bonds. The smallest absolute Gasteiger partial charge is 0.413 e. The van der Waals surface area contributed by atoms with Crippen molar-refractivity contribution in [1.29, 1.82) is 0 Å². The van der Waals surface area contributed by atoms with E-state index in [0.717, 1.165) is 38.0 Å². The molecule has 2 heterocycles. The fourth-order valence-electron chi connectivity index (χ4n) is 4.65. The summed E-state index contributed by atoms with van der Waals surface area (Å²) in [5, 5.41) is 8.61. The maximum atomic E-state index is 13.1. The van der Waals surface area contributed by atoms with E-state index in [0.29, 0.717) is 12.5 Å². The SMILES string of the molecule is CCOC(=O)NC(=O)C1CCSC1NC(=O)C1CCNC2CCC(OC)CC21. The van der Waals surface area contributed by atoms with Gasteiger partial charge in [-0.1, -0.05) is 0 Å². The van der Waals surface area contributed by atoms with Crippen LogP contribution in [0, 0.1) is 17.8 Å². The van der Waals surface area contributed by atoms with Crippen LogP contribution in [-0.2, 0) is 19.1 Å². The van der Waals surface area contributed by atoms with Gasteiger partial charge in [-0.3, -0.25) is 14.9 Å². The molecule has 3 rings (SSSR count). The molecule has 0 spiro atoms. The van der Waals surface area contributed by atoms with Crippen molar-refractivity contribution in [3.05, 3.63) is 0 Å². The third kappa shape index (κ3) is 4.99. The molecule has 2 aliphatic heterocycles. The Kier molecular flexibility index (Phi) is 7.59. The molecule has 3 N–H and O–H groups in total. The zero-order chi connectivity index (χ0) is 20.1. The number of amides is 3. The Morgan fingerprint density at radius 3 is 2.68 bits per heavy atom. The highest BCUT2D eigenvalue weighted by atomic mass is 32.2. The van der Waals surface area contributed by atoms with Gasteiger partial charge in [-0.05, 0) is 57.2 Å². The number of nitrogens with one attached hydrogen (secondary N) is 3. The van der Waals surface area contributed by atoms with Crippen LogP contribution in [0.4, 0.5) is 4.79 Å². The van der Waals surface area contributed by atoms with E-state index in [2.05, 4.69) is 16.0 Å². The molecule has 0 aromatic rings. The van der Waals surface area contributed by atoms with E-state index in [4.69, 9.17) is 9.47 Å². The van der Waals surface area contributed by atoms with E-state index < -0.39 is 12.0 Å². The fourth-order valence-corrected chi connectivity index (χ4v) is 5.98. The number of fused-ring (bicyclic) bond motifs is 1. The Morgan fingerprint density at radius 1 is 1.11 bits per heavy atom. The lowest BCUT2D eigenvalue weighted by atomic mass is 9.71. The van der Waals surface area contributed by atoms with E-state index in [-0.39, 0.29) is 41.7 Å². The van der Waals surface area contributed by atoms with Gasteiger partial charge in [0.2, 0.25) is 11.8 Å². The molecule has 3 aliphatic rings. The van der Waals surface area contributed by atoms with Crippen LogP contribution < -0.4 is 16.0 Å². The molecule has 8 nitrogen and oxygen atoms in total. The standard InChI is InChI=1S/C19H31N3O5S/c1-3-27-19(25)22-17(24)13-7-9-28-18(13)21-16(23)12-6-8-20-15-5-4-11(26-2)10-14(12)15/h11-15,18,20H,3-10H2,1-2H3,(H,21,23)(H,22,24,25). The van der Waals surface area contributed by atoms with Gasteiger partial charge in [-0.25, -0.2) is 4.79 Å². The number of thioether (sulfide) groups is 1. The molecule has 1 aliphatic carbocycles. The highest BCUT2D eigenvalue weighted by Crippen LogP contribution is 2.37. The zero-order valence-corrected chi connectivity index (χ0v) is 17.4. The van der Waals surface area contributed by atoms with Gasteiger partial charge in [0, 0.05) is 19.1 Å². The minimum atomic E-state index is -0.733. The van der Waals surface area contributed by atoms with Crippen LogP contribution in [0.2, 0.25) is 0 Å². The molecule has 2 saturated heterocycles. The van der Waals surface area contributed by atoms with Crippen LogP contribution in [0.3, 0.4) is 0 Å². The Hall–Kier alpha value is -1.32. The summed E-state index contributed by atoms with van der Waals surface area (Å²) in [6.07, 6.45) is 3.83. The van der Waals surface area contributed by atoms with E-state index in [1.165, 1.54) is 0 Å².